The van der Waals surface area contributed by atoms with E-state index in [9.17, 15) is 4.39 Å². The molecule has 1 atom stereocenters. The van der Waals surface area contributed by atoms with Crippen molar-refractivity contribution in [3.8, 4) is 0 Å². The van der Waals surface area contributed by atoms with Crippen LogP contribution in [0.3, 0.4) is 0 Å². The van der Waals surface area contributed by atoms with E-state index in [0.29, 0.717) is 23.2 Å². The minimum absolute atomic E-state index is 0.111. The Balaban J connectivity index is 1.75. The van der Waals surface area contributed by atoms with Crippen LogP contribution in [0.4, 0.5) is 4.39 Å². The Kier molecular flexibility index (Phi) is 3.72. The van der Waals surface area contributed by atoms with Crippen LogP contribution < -0.4 is 5.32 Å². The maximum absolute atomic E-state index is 13.8. The second kappa shape index (κ2) is 5.50. The number of nitrogens with one attached hydrogen (secondary N) is 1. The summed E-state index contributed by atoms with van der Waals surface area (Å²) in [4.78, 5) is 4.36. The molecule has 0 radical (unpaired) electrons. The van der Waals surface area contributed by atoms with Crippen molar-refractivity contribution in [2.24, 2.45) is 5.92 Å². The summed E-state index contributed by atoms with van der Waals surface area (Å²) >= 11 is 5.76. The van der Waals surface area contributed by atoms with Crippen LogP contribution in [0.15, 0.2) is 22.7 Å². The molecule has 1 fully saturated rings. The van der Waals surface area contributed by atoms with Gasteiger partial charge < -0.3 is 9.84 Å². The van der Waals surface area contributed by atoms with Crippen LogP contribution in [-0.2, 0) is 6.42 Å². The molecule has 1 aliphatic rings. The summed E-state index contributed by atoms with van der Waals surface area (Å²) in [6.45, 7) is 4.02. The minimum Gasteiger partial charge on any atom is -0.339 e. The molecule has 106 valence electrons. The van der Waals surface area contributed by atoms with E-state index in [2.05, 4.69) is 22.4 Å². The van der Waals surface area contributed by atoms with Crippen molar-refractivity contribution in [3.63, 3.8) is 0 Å². The van der Waals surface area contributed by atoms with E-state index in [1.807, 2.05) is 0 Å². The number of hydrogen-bond acceptors (Lipinski definition) is 4. The average molecular weight is 296 g/mol. The molecule has 1 saturated heterocycles. The number of nitrogens with zero attached hydrogens (tertiary/aromatic N) is 2. The maximum atomic E-state index is 13.8. The predicted octanol–water partition coefficient (Wildman–Crippen LogP) is 2.78. The van der Waals surface area contributed by atoms with E-state index in [1.54, 1.807) is 12.1 Å². The van der Waals surface area contributed by atoms with E-state index < -0.39 is 5.82 Å². The van der Waals surface area contributed by atoms with Gasteiger partial charge in [0, 0.05) is 12.3 Å². The standard InChI is InChI=1S/C14H15ClFN3O/c1-8(10-6-17-7-10)14-18-12(19-20-14)5-9-3-2-4-11(15)13(9)16/h2-4,8,10,17H,5-7H2,1H3. The third-order valence-electron chi connectivity index (χ3n) is 3.77. The first kappa shape index (κ1) is 13.5. The Morgan fingerprint density at radius 1 is 1.50 bits per heavy atom. The van der Waals surface area contributed by atoms with Gasteiger partial charge >= 0.3 is 0 Å². The number of benzene rings is 1. The van der Waals surface area contributed by atoms with E-state index in [4.69, 9.17) is 16.1 Å². The lowest BCUT2D eigenvalue weighted by atomic mass is 9.89. The van der Waals surface area contributed by atoms with Crippen LogP contribution in [-0.4, -0.2) is 23.2 Å². The molecule has 0 aliphatic carbocycles. The first-order valence-corrected chi connectivity index (χ1v) is 6.99. The number of halogens is 2. The molecule has 0 amide bonds. The smallest absolute Gasteiger partial charge is 0.229 e. The van der Waals surface area contributed by atoms with Crippen LogP contribution in [0.2, 0.25) is 5.02 Å². The molecule has 20 heavy (non-hydrogen) atoms. The average Bonchev–Trinajstić information content (AvgIpc) is 2.81. The van der Waals surface area contributed by atoms with Crippen molar-refractivity contribution >= 4 is 11.6 Å². The van der Waals surface area contributed by atoms with E-state index in [1.165, 1.54) is 6.07 Å². The molecular formula is C14H15ClFN3O. The minimum atomic E-state index is -0.420. The maximum Gasteiger partial charge on any atom is 0.229 e. The predicted molar refractivity (Wildman–Crippen MR) is 73.3 cm³/mol. The normalized spacial score (nSPS) is 16.9. The number of rotatable bonds is 4. The fourth-order valence-corrected chi connectivity index (χ4v) is 2.44. The van der Waals surface area contributed by atoms with Crippen LogP contribution in [0, 0.1) is 11.7 Å². The monoisotopic (exact) mass is 295 g/mol. The van der Waals surface area contributed by atoms with E-state index in [0.717, 1.165) is 13.1 Å². The van der Waals surface area contributed by atoms with Gasteiger partial charge in [0.1, 0.15) is 5.82 Å². The van der Waals surface area contributed by atoms with Crippen molar-refractivity contribution in [1.29, 1.82) is 0 Å². The molecule has 0 spiro atoms. The Bertz CT molecular complexity index is 612. The summed E-state index contributed by atoms with van der Waals surface area (Å²) in [5, 5.41) is 7.26. The topological polar surface area (TPSA) is 51.0 Å². The lowest BCUT2D eigenvalue weighted by Crippen LogP contribution is -2.44. The molecule has 0 saturated carbocycles. The van der Waals surface area contributed by atoms with Crippen molar-refractivity contribution < 1.29 is 8.91 Å². The third kappa shape index (κ3) is 2.55. The quantitative estimate of drug-likeness (QED) is 0.942. The Morgan fingerprint density at radius 3 is 3.00 bits per heavy atom. The van der Waals surface area contributed by atoms with Crippen molar-refractivity contribution in [2.45, 2.75) is 19.3 Å². The lowest BCUT2D eigenvalue weighted by molar-refractivity contribution is 0.252. The number of aromatic nitrogens is 2. The molecule has 1 aromatic carbocycles. The first-order valence-electron chi connectivity index (χ1n) is 6.61. The molecule has 3 rings (SSSR count). The highest BCUT2D eigenvalue weighted by Gasteiger charge is 2.28. The fraction of sp³-hybridized carbons (Fsp3) is 0.429. The third-order valence-corrected chi connectivity index (χ3v) is 4.07. The van der Waals surface area contributed by atoms with Crippen LogP contribution >= 0.6 is 11.6 Å². The molecule has 0 bridgehead atoms. The fourth-order valence-electron chi connectivity index (χ4n) is 2.25. The summed E-state index contributed by atoms with van der Waals surface area (Å²) in [5.41, 5.74) is 0.475. The molecule has 1 aliphatic heterocycles. The SMILES string of the molecule is CC(c1nc(Cc2cccc(Cl)c2F)no1)C1CNC1. The lowest BCUT2D eigenvalue weighted by Gasteiger charge is -2.30. The first-order chi connectivity index (χ1) is 9.65. The van der Waals surface area contributed by atoms with Gasteiger partial charge in [-0.3, -0.25) is 0 Å². The van der Waals surface area contributed by atoms with Gasteiger partial charge in [0.05, 0.1) is 5.02 Å². The highest BCUT2D eigenvalue weighted by atomic mass is 35.5. The molecule has 1 N–H and O–H groups in total. The van der Waals surface area contributed by atoms with Gasteiger partial charge in [-0.15, -0.1) is 0 Å². The Labute approximate surface area is 121 Å². The van der Waals surface area contributed by atoms with Crippen molar-refractivity contribution in [3.05, 3.63) is 46.3 Å². The highest BCUT2D eigenvalue weighted by molar-refractivity contribution is 6.30. The van der Waals surface area contributed by atoms with Gasteiger partial charge in [0.2, 0.25) is 5.89 Å². The zero-order chi connectivity index (χ0) is 14.1. The van der Waals surface area contributed by atoms with E-state index in [-0.39, 0.29) is 17.4 Å². The zero-order valence-electron chi connectivity index (χ0n) is 11.1. The van der Waals surface area contributed by atoms with Gasteiger partial charge in [-0.2, -0.15) is 4.98 Å². The van der Waals surface area contributed by atoms with Crippen LogP contribution in [0.25, 0.3) is 0 Å². The molecule has 6 heteroatoms. The second-order valence-corrected chi connectivity index (χ2v) is 5.55. The van der Waals surface area contributed by atoms with Gasteiger partial charge in [-0.05, 0) is 30.6 Å². The van der Waals surface area contributed by atoms with Gasteiger partial charge in [0.15, 0.2) is 5.82 Å². The molecule has 2 heterocycles. The van der Waals surface area contributed by atoms with Gasteiger partial charge in [-0.25, -0.2) is 4.39 Å². The molecule has 2 aromatic rings. The summed E-state index contributed by atoms with van der Waals surface area (Å²) in [7, 11) is 0. The Morgan fingerprint density at radius 2 is 2.30 bits per heavy atom. The second-order valence-electron chi connectivity index (χ2n) is 5.15. The molecule has 1 aromatic heterocycles. The molecule has 1 unspecified atom stereocenters. The van der Waals surface area contributed by atoms with Crippen LogP contribution in [0.5, 0.6) is 0 Å². The zero-order valence-corrected chi connectivity index (χ0v) is 11.8. The number of hydrogen-bond donors (Lipinski definition) is 1. The summed E-state index contributed by atoms with van der Waals surface area (Å²) < 4.78 is 19.1. The van der Waals surface area contributed by atoms with Crippen LogP contribution in [0.1, 0.15) is 30.1 Å². The summed E-state index contributed by atoms with van der Waals surface area (Å²) in [6.07, 6.45) is 0.283. The highest BCUT2D eigenvalue weighted by Crippen LogP contribution is 2.26. The summed E-state index contributed by atoms with van der Waals surface area (Å²) in [5.74, 6) is 1.44. The van der Waals surface area contributed by atoms with Crippen molar-refractivity contribution in [1.82, 2.24) is 15.5 Å². The summed E-state index contributed by atoms with van der Waals surface area (Å²) in [6, 6.07) is 4.91. The largest absolute Gasteiger partial charge is 0.339 e. The van der Waals surface area contributed by atoms with Gasteiger partial charge in [-0.1, -0.05) is 35.8 Å². The van der Waals surface area contributed by atoms with E-state index >= 15 is 0 Å². The molecular weight excluding hydrogens is 281 g/mol. The van der Waals surface area contributed by atoms with Gasteiger partial charge in [0.25, 0.3) is 0 Å². The molecule has 4 nitrogen and oxygen atoms in total. The van der Waals surface area contributed by atoms with Crippen molar-refractivity contribution in [2.75, 3.05) is 13.1 Å². The Hall–Kier alpha value is -1.46.